The second kappa shape index (κ2) is 7.66. The van der Waals surface area contributed by atoms with Crippen LogP contribution in [0.5, 0.6) is 11.5 Å². The van der Waals surface area contributed by atoms with Gasteiger partial charge in [0.15, 0.2) is 0 Å². The van der Waals surface area contributed by atoms with Gasteiger partial charge in [-0.15, -0.1) is 0 Å². The lowest BCUT2D eigenvalue weighted by molar-refractivity contribution is -0.111. The van der Waals surface area contributed by atoms with Crippen molar-refractivity contribution < 1.29 is 14.3 Å². The minimum Gasteiger partial charge on any atom is -0.497 e. The van der Waals surface area contributed by atoms with E-state index in [9.17, 15) is 4.79 Å². The fraction of sp³-hybridized carbons (Fsp3) is 0.118. The highest BCUT2D eigenvalue weighted by Crippen LogP contribution is 2.25. The first-order valence-corrected chi connectivity index (χ1v) is 7.38. The van der Waals surface area contributed by atoms with Crippen LogP contribution in [0.1, 0.15) is 5.56 Å². The number of hydrogen-bond acceptors (Lipinski definition) is 3. The van der Waals surface area contributed by atoms with E-state index in [1.165, 1.54) is 6.08 Å². The number of carbonyl (C=O) groups excluding carboxylic acids is 1. The first-order valence-electron chi connectivity index (χ1n) is 6.59. The summed E-state index contributed by atoms with van der Waals surface area (Å²) in [5, 5.41) is 2.79. The second-order valence-corrected chi connectivity index (χ2v) is 5.36. The van der Waals surface area contributed by atoms with Gasteiger partial charge in [0.05, 0.1) is 14.2 Å². The standard InChI is InChI=1S/C17H16BrNO3/c1-21-15-7-8-16(22-2)12(10-15)6-9-17(20)19-14-5-3-4-13(18)11-14/h3-11H,1-2H3,(H,19,20). The van der Waals surface area contributed by atoms with Crippen molar-refractivity contribution in [3.8, 4) is 11.5 Å². The highest BCUT2D eigenvalue weighted by atomic mass is 79.9. The van der Waals surface area contributed by atoms with Crippen molar-refractivity contribution >= 4 is 33.6 Å². The molecule has 22 heavy (non-hydrogen) atoms. The number of amides is 1. The quantitative estimate of drug-likeness (QED) is 0.814. The van der Waals surface area contributed by atoms with Crippen molar-refractivity contribution in [2.24, 2.45) is 0 Å². The molecule has 0 aromatic heterocycles. The van der Waals surface area contributed by atoms with Gasteiger partial charge < -0.3 is 14.8 Å². The molecule has 0 radical (unpaired) electrons. The molecule has 114 valence electrons. The number of nitrogens with one attached hydrogen (secondary N) is 1. The summed E-state index contributed by atoms with van der Waals surface area (Å²) in [6, 6.07) is 12.8. The maximum atomic E-state index is 12.0. The molecule has 0 fully saturated rings. The third kappa shape index (κ3) is 4.36. The number of methoxy groups -OCH3 is 2. The van der Waals surface area contributed by atoms with Crippen LogP contribution >= 0.6 is 15.9 Å². The molecule has 2 rings (SSSR count). The largest absolute Gasteiger partial charge is 0.497 e. The van der Waals surface area contributed by atoms with E-state index >= 15 is 0 Å². The summed E-state index contributed by atoms with van der Waals surface area (Å²) < 4.78 is 11.3. The zero-order chi connectivity index (χ0) is 15.9. The molecule has 5 heteroatoms. The lowest BCUT2D eigenvalue weighted by Crippen LogP contribution is -2.07. The molecule has 0 atom stereocenters. The molecule has 0 saturated carbocycles. The number of halogens is 1. The molecule has 0 spiro atoms. The topological polar surface area (TPSA) is 47.6 Å². The summed E-state index contributed by atoms with van der Waals surface area (Å²) in [6.45, 7) is 0. The molecule has 0 saturated heterocycles. The van der Waals surface area contributed by atoms with E-state index in [2.05, 4.69) is 21.2 Å². The number of ether oxygens (including phenoxy) is 2. The molecule has 0 heterocycles. The van der Waals surface area contributed by atoms with E-state index in [1.807, 2.05) is 30.3 Å². The zero-order valence-electron chi connectivity index (χ0n) is 12.3. The maximum Gasteiger partial charge on any atom is 0.248 e. The Bertz CT molecular complexity index is 698. The van der Waals surface area contributed by atoms with Crippen molar-refractivity contribution in [2.75, 3.05) is 19.5 Å². The van der Waals surface area contributed by atoms with E-state index in [4.69, 9.17) is 9.47 Å². The van der Waals surface area contributed by atoms with Crippen LogP contribution in [0.3, 0.4) is 0 Å². The van der Waals surface area contributed by atoms with Crippen LogP contribution in [0.2, 0.25) is 0 Å². The van der Waals surface area contributed by atoms with E-state index in [1.54, 1.807) is 32.4 Å². The number of anilines is 1. The molecule has 0 aliphatic rings. The van der Waals surface area contributed by atoms with Crippen molar-refractivity contribution in [1.82, 2.24) is 0 Å². The molecule has 0 unspecified atom stereocenters. The SMILES string of the molecule is COc1ccc(OC)c(C=CC(=O)Nc2cccc(Br)c2)c1. The highest BCUT2D eigenvalue weighted by molar-refractivity contribution is 9.10. The van der Waals surface area contributed by atoms with Crippen LogP contribution in [0, 0.1) is 0 Å². The molecule has 2 aromatic rings. The van der Waals surface area contributed by atoms with Crippen LogP contribution < -0.4 is 14.8 Å². The number of rotatable bonds is 5. The molecule has 4 nitrogen and oxygen atoms in total. The maximum absolute atomic E-state index is 12.0. The normalized spacial score (nSPS) is 10.5. The average molecular weight is 362 g/mol. The number of benzene rings is 2. The smallest absolute Gasteiger partial charge is 0.248 e. The third-order valence-corrected chi connectivity index (χ3v) is 3.44. The van der Waals surface area contributed by atoms with Gasteiger partial charge in [-0.05, 0) is 42.5 Å². The average Bonchev–Trinajstić information content (AvgIpc) is 2.52. The van der Waals surface area contributed by atoms with Crippen molar-refractivity contribution in [1.29, 1.82) is 0 Å². The molecule has 0 aliphatic heterocycles. The Balaban J connectivity index is 2.12. The van der Waals surface area contributed by atoms with Crippen LogP contribution in [0.4, 0.5) is 5.69 Å². The van der Waals surface area contributed by atoms with Gasteiger partial charge in [-0.1, -0.05) is 22.0 Å². The van der Waals surface area contributed by atoms with Crippen LogP contribution in [0.25, 0.3) is 6.08 Å². The first kappa shape index (κ1) is 16.1. The number of hydrogen-bond donors (Lipinski definition) is 1. The Morgan fingerprint density at radius 2 is 1.95 bits per heavy atom. The summed E-state index contributed by atoms with van der Waals surface area (Å²) in [6.07, 6.45) is 3.15. The fourth-order valence-electron chi connectivity index (χ4n) is 1.89. The van der Waals surface area contributed by atoms with Crippen molar-refractivity contribution in [2.45, 2.75) is 0 Å². The summed E-state index contributed by atoms with van der Waals surface area (Å²) in [5.74, 6) is 1.16. The third-order valence-electron chi connectivity index (χ3n) is 2.94. The van der Waals surface area contributed by atoms with Gasteiger partial charge in [0.2, 0.25) is 5.91 Å². The van der Waals surface area contributed by atoms with Gasteiger partial charge in [0.1, 0.15) is 11.5 Å². The zero-order valence-corrected chi connectivity index (χ0v) is 13.9. The van der Waals surface area contributed by atoms with Gasteiger partial charge in [-0.2, -0.15) is 0 Å². The first-order chi connectivity index (χ1) is 10.6. The van der Waals surface area contributed by atoms with Gasteiger partial charge in [-0.25, -0.2) is 0 Å². The van der Waals surface area contributed by atoms with Crippen LogP contribution in [-0.2, 0) is 4.79 Å². The second-order valence-electron chi connectivity index (χ2n) is 4.44. The monoisotopic (exact) mass is 361 g/mol. The Morgan fingerprint density at radius 3 is 2.64 bits per heavy atom. The molecule has 2 aromatic carbocycles. The van der Waals surface area contributed by atoms with Crippen molar-refractivity contribution in [3.63, 3.8) is 0 Å². The molecule has 0 aliphatic carbocycles. The van der Waals surface area contributed by atoms with Gasteiger partial charge in [0.25, 0.3) is 0 Å². The number of carbonyl (C=O) groups is 1. The highest BCUT2D eigenvalue weighted by Gasteiger charge is 2.03. The molecular weight excluding hydrogens is 346 g/mol. The summed E-state index contributed by atoms with van der Waals surface area (Å²) in [5.41, 5.74) is 1.49. The Morgan fingerprint density at radius 1 is 1.14 bits per heavy atom. The van der Waals surface area contributed by atoms with Crippen LogP contribution in [-0.4, -0.2) is 20.1 Å². The van der Waals surface area contributed by atoms with Crippen molar-refractivity contribution in [3.05, 3.63) is 58.6 Å². The van der Waals surface area contributed by atoms with E-state index in [-0.39, 0.29) is 5.91 Å². The van der Waals surface area contributed by atoms with Gasteiger partial charge in [0, 0.05) is 21.8 Å². The summed E-state index contributed by atoms with van der Waals surface area (Å²) in [4.78, 5) is 12.0. The van der Waals surface area contributed by atoms with E-state index < -0.39 is 0 Å². The van der Waals surface area contributed by atoms with Gasteiger partial charge >= 0.3 is 0 Å². The van der Waals surface area contributed by atoms with E-state index in [0.717, 1.165) is 15.7 Å². The lowest BCUT2D eigenvalue weighted by atomic mass is 10.1. The predicted molar refractivity (Wildman–Crippen MR) is 91.4 cm³/mol. The minimum atomic E-state index is -0.219. The summed E-state index contributed by atoms with van der Waals surface area (Å²) in [7, 11) is 3.18. The van der Waals surface area contributed by atoms with E-state index in [0.29, 0.717) is 11.5 Å². The Labute approximate surface area is 137 Å². The lowest BCUT2D eigenvalue weighted by Gasteiger charge is -2.07. The molecule has 0 bridgehead atoms. The Hall–Kier alpha value is -2.27. The molecule has 1 amide bonds. The predicted octanol–water partition coefficient (Wildman–Crippen LogP) is 4.12. The Kier molecular flexibility index (Phi) is 5.61. The summed E-state index contributed by atoms with van der Waals surface area (Å²) >= 11 is 3.36. The van der Waals surface area contributed by atoms with Crippen LogP contribution in [0.15, 0.2) is 53.0 Å². The molecule has 1 N–H and O–H groups in total. The van der Waals surface area contributed by atoms with Gasteiger partial charge in [-0.3, -0.25) is 4.79 Å². The fourth-order valence-corrected chi connectivity index (χ4v) is 2.28. The minimum absolute atomic E-state index is 0.219. The molecular formula is C17H16BrNO3.